The summed E-state index contributed by atoms with van der Waals surface area (Å²) in [5.74, 6) is 0.408. The summed E-state index contributed by atoms with van der Waals surface area (Å²) in [5.41, 5.74) is 0. The summed E-state index contributed by atoms with van der Waals surface area (Å²) in [5, 5.41) is 0. The average Bonchev–Trinajstić information content (AvgIpc) is 2.54. The highest BCUT2D eigenvalue weighted by Crippen LogP contribution is 2.12. The SMILES string of the molecule is CCCCCCCCCCOC(=O)C(C)Oc1ccccc1. The van der Waals surface area contributed by atoms with Gasteiger partial charge in [-0.1, -0.05) is 70.1 Å². The van der Waals surface area contributed by atoms with Gasteiger partial charge in [-0.2, -0.15) is 0 Å². The average molecular weight is 306 g/mol. The van der Waals surface area contributed by atoms with Crippen LogP contribution in [0.25, 0.3) is 0 Å². The first-order valence-electron chi connectivity index (χ1n) is 8.62. The predicted molar refractivity (Wildman–Crippen MR) is 90.1 cm³/mol. The molecular weight excluding hydrogens is 276 g/mol. The number of ether oxygens (including phenoxy) is 2. The van der Waals surface area contributed by atoms with Gasteiger partial charge in [-0.05, 0) is 25.5 Å². The molecule has 1 atom stereocenters. The van der Waals surface area contributed by atoms with Gasteiger partial charge in [-0.25, -0.2) is 4.79 Å². The van der Waals surface area contributed by atoms with Crippen molar-refractivity contribution in [3.63, 3.8) is 0 Å². The fraction of sp³-hybridized carbons (Fsp3) is 0.632. The fourth-order valence-electron chi connectivity index (χ4n) is 2.28. The van der Waals surface area contributed by atoms with Crippen molar-refractivity contribution in [2.75, 3.05) is 6.61 Å². The van der Waals surface area contributed by atoms with Crippen molar-refractivity contribution in [3.05, 3.63) is 30.3 Å². The highest BCUT2D eigenvalue weighted by molar-refractivity contribution is 5.74. The van der Waals surface area contributed by atoms with Crippen LogP contribution in [0.4, 0.5) is 0 Å². The molecule has 0 spiro atoms. The Balaban J connectivity index is 2.01. The maximum Gasteiger partial charge on any atom is 0.347 e. The van der Waals surface area contributed by atoms with Gasteiger partial charge in [0.25, 0.3) is 0 Å². The van der Waals surface area contributed by atoms with Crippen LogP contribution in [-0.4, -0.2) is 18.7 Å². The van der Waals surface area contributed by atoms with E-state index in [1.807, 2.05) is 30.3 Å². The number of benzene rings is 1. The lowest BCUT2D eigenvalue weighted by atomic mass is 10.1. The molecule has 0 heterocycles. The summed E-state index contributed by atoms with van der Waals surface area (Å²) in [4.78, 5) is 11.8. The lowest BCUT2D eigenvalue weighted by Crippen LogP contribution is -2.26. The Hall–Kier alpha value is -1.51. The van der Waals surface area contributed by atoms with Gasteiger partial charge < -0.3 is 9.47 Å². The first-order valence-corrected chi connectivity index (χ1v) is 8.62. The maximum absolute atomic E-state index is 11.8. The summed E-state index contributed by atoms with van der Waals surface area (Å²) in [6, 6.07) is 9.35. The van der Waals surface area contributed by atoms with Crippen molar-refractivity contribution < 1.29 is 14.3 Å². The quantitative estimate of drug-likeness (QED) is 0.396. The largest absolute Gasteiger partial charge is 0.479 e. The number of hydrogen-bond acceptors (Lipinski definition) is 3. The van der Waals surface area contributed by atoms with Gasteiger partial charge >= 0.3 is 5.97 Å². The third-order valence-corrected chi connectivity index (χ3v) is 3.63. The molecule has 1 aromatic rings. The van der Waals surface area contributed by atoms with Crippen LogP contribution in [0.5, 0.6) is 5.75 Å². The Morgan fingerprint density at radius 3 is 2.18 bits per heavy atom. The molecule has 0 aliphatic rings. The minimum Gasteiger partial charge on any atom is -0.479 e. The van der Waals surface area contributed by atoms with E-state index in [0.717, 1.165) is 12.8 Å². The van der Waals surface area contributed by atoms with Crippen molar-refractivity contribution in [2.45, 2.75) is 71.3 Å². The van der Waals surface area contributed by atoms with Crippen molar-refractivity contribution in [2.24, 2.45) is 0 Å². The van der Waals surface area contributed by atoms with Crippen LogP contribution in [0.1, 0.15) is 65.2 Å². The van der Waals surface area contributed by atoms with E-state index in [1.54, 1.807) is 6.92 Å². The smallest absolute Gasteiger partial charge is 0.347 e. The first kappa shape index (κ1) is 18.5. The Kier molecular flexibility index (Phi) is 10.2. The molecule has 22 heavy (non-hydrogen) atoms. The van der Waals surface area contributed by atoms with Crippen LogP contribution in [-0.2, 0) is 9.53 Å². The van der Waals surface area contributed by atoms with E-state index in [0.29, 0.717) is 12.4 Å². The number of esters is 1. The van der Waals surface area contributed by atoms with E-state index in [2.05, 4.69) is 6.92 Å². The lowest BCUT2D eigenvalue weighted by molar-refractivity contribution is -0.151. The molecule has 0 saturated carbocycles. The van der Waals surface area contributed by atoms with Crippen molar-refractivity contribution in [3.8, 4) is 5.75 Å². The molecule has 0 aromatic heterocycles. The molecule has 1 unspecified atom stereocenters. The number of rotatable bonds is 12. The highest BCUT2D eigenvalue weighted by atomic mass is 16.6. The fourth-order valence-corrected chi connectivity index (χ4v) is 2.28. The van der Waals surface area contributed by atoms with E-state index < -0.39 is 6.10 Å². The van der Waals surface area contributed by atoms with Crippen LogP contribution < -0.4 is 4.74 Å². The Morgan fingerprint density at radius 2 is 1.55 bits per heavy atom. The summed E-state index contributed by atoms with van der Waals surface area (Å²) in [6.45, 7) is 4.45. The van der Waals surface area contributed by atoms with Crippen LogP contribution in [0.3, 0.4) is 0 Å². The molecule has 0 fully saturated rings. The van der Waals surface area contributed by atoms with Gasteiger partial charge in [0, 0.05) is 0 Å². The molecule has 0 amide bonds. The zero-order valence-corrected chi connectivity index (χ0v) is 14.1. The summed E-state index contributed by atoms with van der Waals surface area (Å²) < 4.78 is 10.8. The molecule has 0 N–H and O–H groups in total. The molecule has 3 nitrogen and oxygen atoms in total. The second-order valence-corrected chi connectivity index (χ2v) is 5.72. The van der Waals surface area contributed by atoms with Gasteiger partial charge in [0.2, 0.25) is 0 Å². The number of para-hydroxylation sites is 1. The predicted octanol–water partition coefficient (Wildman–Crippen LogP) is 5.14. The normalized spacial score (nSPS) is 11.9. The standard InChI is InChI=1S/C19H30O3/c1-3-4-5-6-7-8-9-13-16-21-19(20)17(2)22-18-14-11-10-12-15-18/h10-12,14-15,17H,3-9,13,16H2,1-2H3. The maximum atomic E-state index is 11.8. The minimum absolute atomic E-state index is 0.285. The Morgan fingerprint density at radius 1 is 0.955 bits per heavy atom. The number of carbonyl (C=O) groups excluding carboxylic acids is 1. The first-order chi connectivity index (χ1) is 10.7. The highest BCUT2D eigenvalue weighted by Gasteiger charge is 2.15. The second kappa shape index (κ2) is 12.1. The number of carbonyl (C=O) groups is 1. The van der Waals surface area contributed by atoms with Gasteiger partial charge in [-0.3, -0.25) is 0 Å². The lowest BCUT2D eigenvalue weighted by Gasteiger charge is -2.13. The third-order valence-electron chi connectivity index (χ3n) is 3.63. The molecular formula is C19H30O3. The molecule has 0 aliphatic carbocycles. The minimum atomic E-state index is -0.559. The third kappa shape index (κ3) is 8.71. The Bertz CT molecular complexity index is 389. The zero-order valence-electron chi connectivity index (χ0n) is 14.1. The van der Waals surface area contributed by atoms with Crippen LogP contribution in [0.2, 0.25) is 0 Å². The van der Waals surface area contributed by atoms with Crippen molar-refractivity contribution in [1.82, 2.24) is 0 Å². The molecule has 3 heteroatoms. The Labute approximate surface area is 135 Å². The second-order valence-electron chi connectivity index (χ2n) is 5.72. The van der Waals surface area contributed by atoms with Crippen molar-refractivity contribution >= 4 is 5.97 Å². The van der Waals surface area contributed by atoms with E-state index in [9.17, 15) is 4.79 Å². The topological polar surface area (TPSA) is 35.5 Å². The number of unbranched alkanes of at least 4 members (excludes halogenated alkanes) is 7. The molecule has 1 rings (SSSR count). The monoisotopic (exact) mass is 306 g/mol. The molecule has 0 saturated heterocycles. The van der Waals surface area contributed by atoms with E-state index in [1.165, 1.54) is 38.5 Å². The van der Waals surface area contributed by atoms with E-state index in [-0.39, 0.29) is 5.97 Å². The van der Waals surface area contributed by atoms with Crippen LogP contribution >= 0.6 is 0 Å². The van der Waals surface area contributed by atoms with Gasteiger partial charge in [0.1, 0.15) is 5.75 Å². The van der Waals surface area contributed by atoms with E-state index >= 15 is 0 Å². The van der Waals surface area contributed by atoms with E-state index in [4.69, 9.17) is 9.47 Å². The van der Waals surface area contributed by atoms with Gasteiger partial charge in [0.05, 0.1) is 6.61 Å². The molecule has 124 valence electrons. The summed E-state index contributed by atoms with van der Waals surface area (Å²) >= 11 is 0. The van der Waals surface area contributed by atoms with Gasteiger partial charge in [0.15, 0.2) is 6.10 Å². The van der Waals surface area contributed by atoms with Gasteiger partial charge in [-0.15, -0.1) is 0 Å². The summed E-state index contributed by atoms with van der Waals surface area (Å²) in [6.07, 6.45) is 9.35. The summed E-state index contributed by atoms with van der Waals surface area (Å²) in [7, 11) is 0. The molecule has 0 bridgehead atoms. The number of hydrogen-bond donors (Lipinski definition) is 0. The zero-order chi connectivity index (χ0) is 16.0. The van der Waals surface area contributed by atoms with Crippen LogP contribution in [0, 0.1) is 0 Å². The molecule has 1 aromatic carbocycles. The molecule has 0 aliphatic heterocycles. The van der Waals surface area contributed by atoms with Crippen LogP contribution in [0.15, 0.2) is 30.3 Å². The molecule has 0 radical (unpaired) electrons. The van der Waals surface area contributed by atoms with Crippen molar-refractivity contribution in [1.29, 1.82) is 0 Å².